The van der Waals surface area contributed by atoms with Gasteiger partial charge >= 0.3 is 6.01 Å². The van der Waals surface area contributed by atoms with Crippen LogP contribution in [-0.4, -0.2) is 19.7 Å². The largest absolute Gasteiger partial charge is 0.424 e. The first-order valence-electron chi connectivity index (χ1n) is 6.12. The van der Waals surface area contributed by atoms with Crippen molar-refractivity contribution in [1.29, 1.82) is 0 Å². The van der Waals surface area contributed by atoms with Crippen molar-refractivity contribution in [3.63, 3.8) is 0 Å². The maximum atomic E-state index is 5.79. The molecule has 2 aromatic heterocycles. The zero-order chi connectivity index (χ0) is 13.4. The molecule has 0 bridgehead atoms. The number of aromatic nitrogens is 4. The molecule has 0 aliphatic carbocycles. The normalized spacial score (nSPS) is 11.1. The number of rotatable bonds is 3. The molecule has 3 rings (SSSR count). The van der Waals surface area contributed by atoms with E-state index in [1.807, 2.05) is 39.0 Å². The lowest BCUT2D eigenvalue weighted by molar-refractivity contribution is 0.402. The Morgan fingerprint density at radius 1 is 1.26 bits per heavy atom. The number of benzene rings is 1. The molecule has 1 aromatic carbocycles. The zero-order valence-corrected chi connectivity index (χ0v) is 11.9. The maximum absolute atomic E-state index is 5.79. The molecule has 0 N–H and O–H groups in total. The number of aryl methyl sites for hydroxylation is 3. The van der Waals surface area contributed by atoms with Crippen LogP contribution in [0.5, 0.6) is 11.8 Å². The third-order valence-corrected chi connectivity index (χ3v) is 3.67. The fraction of sp³-hybridized carbons (Fsp3) is 0.308. The van der Waals surface area contributed by atoms with E-state index in [0.29, 0.717) is 11.8 Å². The predicted molar refractivity (Wildman–Crippen MR) is 74.9 cm³/mol. The molecule has 0 unspecified atom stereocenters. The molecule has 0 saturated heterocycles. The van der Waals surface area contributed by atoms with Gasteiger partial charge in [-0.25, -0.2) is 9.67 Å². The van der Waals surface area contributed by atoms with Crippen molar-refractivity contribution in [2.75, 3.05) is 0 Å². The standard InChI is InChI=1S/C13H14N4OS/c1-4-17-13(14-8(2)16-17)18-10-5-6-12-11(7-10)15-9(3)19-12/h5-7H,4H2,1-3H3. The summed E-state index contributed by atoms with van der Waals surface area (Å²) in [6.45, 7) is 6.59. The zero-order valence-electron chi connectivity index (χ0n) is 11.0. The van der Waals surface area contributed by atoms with Gasteiger partial charge in [-0.05, 0) is 32.9 Å². The Morgan fingerprint density at radius 3 is 2.89 bits per heavy atom. The van der Waals surface area contributed by atoms with E-state index in [-0.39, 0.29) is 0 Å². The van der Waals surface area contributed by atoms with E-state index in [2.05, 4.69) is 15.1 Å². The van der Waals surface area contributed by atoms with Crippen LogP contribution in [0.25, 0.3) is 10.2 Å². The first-order valence-corrected chi connectivity index (χ1v) is 6.94. The average Bonchev–Trinajstić information content (AvgIpc) is 2.90. The van der Waals surface area contributed by atoms with E-state index in [1.165, 1.54) is 0 Å². The Labute approximate surface area is 114 Å². The number of ether oxygens (including phenoxy) is 1. The van der Waals surface area contributed by atoms with Gasteiger partial charge in [0, 0.05) is 12.6 Å². The molecule has 0 radical (unpaired) electrons. The van der Waals surface area contributed by atoms with Crippen molar-refractivity contribution < 1.29 is 4.74 Å². The second kappa shape index (κ2) is 4.62. The number of thiazole rings is 1. The van der Waals surface area contributed by atoms with Gasteiger partial charge in [0.1, 0.15) is 5.75 Å². The van der Waals surface area contributed by atoms with Crippen molar-refractivity contribution in [3.05, 3.63) is 29.0 Å². The van der Waals surface area contributed by atoms with Crippen molar-refractivity contribution >= 4 is 21.6 Å². The molecule has 0 spiro atoms. The van der Waals surface area contributed by atoms with Crippen LogP contribution >= 0.6 is 11.3 Å². The van der Waals surface area contributed by atoms with Crippen LogP contribution in [-0.2, 0) is 6.54 Å². The lowest BCUT2D eigenvalue weighted by Crippen LogP contribution is -2.00. The summed E-state index contributed by atoms with van der Waals surface area (Å²) in [6, 6.07) is 6.41. The Bertz CT molecular complexity index is 731. The van der Waals surface area contributed by atoms with Crippen LogP contribution < -0.4 is 4.74 Å². The van der Waals surface area contributed by atoms with Gasteiger partial charge in [0.05, 0.1) is 15.2 Å². The smallest absolute Gasteiger partial charge is 0.320 e. The molecule has 0 fully saturated rings. The highest BCUT2D eigenvalue weighted by molar-refractivity contribution is 7.18. The molecule has 5 nitrogen and oxygen atoms in total. The minimum absolute atomic E-state index is 0.520. The van der Waals surface area contributed by atoms with E-state index in [1.54, 1.807) is 16.0 Å². The third-order valence-electron chi connectivity index (χ3n) is 2.72. The molecular weight excluding hydrogens is 260 g/mol. The quantitative estimate of drug-likeness (QED) is 0.735. The molecular formula is C13H14N4OS. The van der Waals surface area contributed by atoms with Gasteiger partial charge in [0.25, 0.3) is 0 Å². The van der Waals surface area contributed by atoms with Gasteiger partial charge in [-0.1, -0.05) is 0 Å². The average molecular weight is 274 g/mol. The molecule has 0 aliphatic heterocycles. The Morgan fingerprint density at radius 2 is 2.11 bits per heavy atom. The number of fused-ring (bicyclic) bond motifs is 1. The first kappa shape index (κ1) is 12.1. The van der Waals surface area contributed by atoms with Crippen LogP contribution in [0.2, 0.25) is 0 Å². The maximum Gasteiger partial charge on any atom is 0.320 e. The molecule has 3 aromatic rings. The summed E-state index contributed by atoms with van der Waals surface area (Å²) < 4.78 is 8.70. The van der Waals surface area contributed by atoms with Gasteiger partial charge < -0.3 is 4.74 Å². The molecule has 0 amide bonds. The van der Waals surface area contributed by atoms with Crippen LogP contribution in [0, 0.1) is 13.8 Å². The van der Waals surface area contributed by atoms with Gasteiger partial charge in [-0.15, -0.1) is 11.3 Å². The highest BCUT2D eigenvalue weighted by Gasteiger charge is 2.09. The second-order valence-corrected chi connectivity index (χ2v) is 5.46. The third kappa shape index (κ3) is 2.31. The van der Waals surface area contributed by atoms with Crippen LogP contribution in [0.15, 0.2) is 18.2 Å². The van der Waals surface area contributed by atoms with E-state index < -0.39 is 0 Å². The molecule has 0 atom stereocenters. The summed E-state index contributed by atoms with van der Waals surface area (Å²) in [5.41, 5.74) is 0.958. The lowest BCUT2D eigenvalue weighted by Gasteiger charge is -2.04. The van der Waals surface area contributed by atoms with Crippen molar-refractivity contribution in [2.45, 2.75) is 27.3 Å². The van der Waals surface area contributed by atoms with Crippen molar-refractivity contribution in [1.82, 2.24) is 19.7 Å². The van der Waals surface area contributed by atoms with Crippen LogP contribution in [0.3, 0.4) is 0 Å². The summed E-state index contributed by atoms with van der Waals surface area (Å²) in [5, 5.41) is 5.31. The minimum atomic E-state index is 0.520. The molecule has 6 heteroatoms. The Kier molecular flexibility index (Phi) is 2.94. The second-order valence-electron chi connectivity index (χ2n) is 4.22. The van der Waals surface area contributed by atoms with Crippen LogP contribution in [0.4, 0.5) is 0 Å². The summed E-state index contributed by atoms with van der Waals surface area (Å²) in [4.78, 5) is 8.73. The number of hydrogen-bond acceptors (Lipinski definition) is 5. The fourth-order valence-corrected chi connectivity index (χ4v) is 2.72. The SMILES string of the molecule is CCn1nc(C)nc1Oc1ccc2sc(C)nc2c1. The summed E-state index contributed by atoms with van der Waals surface area (Å²) >= 11 is 1.68. The van der Waals surface area contributed by atoms with Crippen molar-refractivity contribution in [2.24, 2.45) is 0 Å². The molecule has 19 heavy (non-hydrogen) atoms. The van der Waals surface area contributed by atoms with E-state index in [4.69, 9.17) is 4.74 Å². The molecule has 0 aliphatic rings. The predicted octanol–water partition coefficient (Wildman–Crippen LogP) is 3.32. The van der Waals surface area contributed by atoms with Crippen molar-refractivity contribution in [3.8, 4) is 11.8 Å². The fourth-order valence-electron chi connectivity index (χ4n) is 1.91. The van der Waals surface area contributed by atoms with Crippen LogP contribution in [0.1, 0.15) is 17.8 Å². The Hall–Kier alpha value is -1.95. The lowest BCUT2D eigenvalue weighted by atomic mass is 10.3. The molecule has 0 saturated carbocycles. The van der Waals surface area contributed by atoms with E-state index >= 15 is 0 Å². The van der Waals surface area contributed by atoms with Gasteiger partial charge in [0.15, 0.2) is 5.82 Å². The first-order chi connectivity index (χ1) is 9.15. The van der Waals surface area contributed by atoms with E-state index in [0.717, 1.165) is 27.5 Å². The summed E-state index contributed by atoms with van der Waals surface area (Å²) in [7, 11) is 0. The monoisotopic (exact) mass is 274 g/mol. The molecule has 98 valence electrons. The highest BCUT2D eigenvalue weighted by atomic mass is 32.1. The highest BCUT2D eigenvalue weighted by Crippen LogP contribution is 2.27. The van der Waals surface area contributed by atoms with Gasteiger partial charge in [0.2, 0.25) is 0 Å². The van der Waals surface area contributed by atoms with Gasteiger partial charge in [-0.3, -0.25) is 0 Å². The number of nitrogens with zero attached hydrogens (tertiary/aromatic N) is 4. The van der Waals surface area contributed by atoms with E-state index in [9.17, 15) is 0 Å². The minimum Gasteiger partial charge on any atom is -0.424 e. The Balaban J connectivity index is 1.95. The topological polar surface area (TPSA) is 52.8 Å². The van der Waals surface area contributed by atoms with Gasteiger partial charge in [-0.2, -0.15) is 10.1 Å². The summed E-state index contributed by atoms with van der Waals surface area (Å²) in [6.07, 6.45) is 0. The number of hydrogen-bond donors (Lipinski definition) is 0. The molecule has 2 heterocycles. The summed E-state index contributed by atoms with van der Waals surface area (Å²) in [5.74, 6) is 1.45.